The first-order valence-electron chi connectivity index (χ1n) is 10.7. The van der Waals surface area contributed by atoms with Crippen molar-refractivity contribution in [3.05, 3.63) is 63.3 Å². The number of rotatable bonds is 3. The number of aromatic hydroxyl groups is 1. The van der Waals surface area contributed by atoms with Crippen LogP contribution in [0.25, 0.3) is 0 Å². The molecule has 2 aliphatic heterocycles. The van der Waals surface area contributed by atoms with Crippen LogP contribution in [-0.2, 0) is 6.54 Å². The van der Waals surface area contributed by atoms with Gasteiger partial charge in [0.25, 0.3) is 11.8 Å². The Morgan fingerprint density at radius 3 is 2.61 bits per heavy atom. The van der Waals surface area contributed by atoms with Crippen molar-refractivity contribution >= 4 is 11.8 Å². The van der Waals surface area contributed by atoms with Gasteiger partial charge in [-0.15, -0.1) is 0 Å². The van der Waals surface area contributed by atoms with E-state index in [0.29, 0.717) is 18.0 Å². The fourth-order valence-corrected chi connectivity index (χ4v) is 5.44. The van der Waals surface area contributed by atoms with E-state index in [4.69, 9.17) is 0 Å². The van der Waals surface area contributed by atoms with Gasteiger partial charge in [-0.05, 0) is 56.2 Å². The van der Waals surface area contributed by atoms with Crippen LogP contribution in [0.15, 0.2) is 35.3 Å². The van der Waals surface area contributed by atoms with Crippen molar-refractivity contribution < 1.29 is 19.1 Å². The monoisotopic (exact) mass is 425 g/mol. The van der Waals surface area contributed by atoms with Gasteiger partial charge in [-0.2, -0.15) is 0 Å². The Bertz CT molecular complexity index is 1130. The van der Waals surface area contributed by atoms with Crippen molar-refractivity contribution in [2.45, 2.75) is 57.3 Å². The van der Waals surface area contributed by atoms with E-state index in [2.05, 4.69) is 5.32 Å². The normalized spacial score (nSPS) is 25.0. The predicted molar refractivity (Wildman–Crippen MR) is 110 cm³/mol. The lowest BCUT2D eigenvalue weighted by Crippen LogP contribution is -2.55. The SMILES string of the molecule is C[C@H](NC(=O)c1cn2c(c(O)c1=O)C(=O)N1[C@H](C[C@@H]3CC[C@H]1C3)C2)c1ccc(F)cc1. The van der Waals surface area contributed by atoms with Crippen LogP contribution < -0.4 is 10.7 Å². The number of fused-ring (bicyclic) bond motifs is 5. The third kappa shape index (κ3) is 3.21. The number of halogens is 1. The third-order valence-electron chi connectivity index (χ3n) is 6.97. The zero-order valence-electron chi connectivity index (χ0n) is 17.2. The van der Waals surface area contributed by atoms with E-state index in [-0.39, 0.29) is 35.1 Å². The topological polar surface area (TPSA) is 91.6 Å². The average Bonchev–Trinajstić information content (AvgIpc) is 3.11. The van der Waals surface area contributed by atoms with Gasteiger partial charge in [-0.25, -0.2) is 4.39 Å². The van der Waals surface area contributed by atoms with E-state index in [1.54, 1.807) is 23.6 Å². The van der Waals surface area contributed by atoms with Gasteiger partial charge in [0.05, 0.1) is 12.1 Å². The summed E-state index contributed by atoms with van der Waals surface area (Å²) in [7, 11) is 0. The zero-order chi connectivity index (χ0) is 21.9. The molecule has 8 heteroatoms. The lowest BCUT2D eigenvalue weighted by atomic mass is 9.90. The van der Waals surface area contributed by atoms with E-state index >= 15 is 0 Å². The first-order valence-corrected chi connectivity index (χ1v) is 10.7. The molecule has 31 heavy (non-hydrogen) atoms. The number of pyridine rings is 1. The standard InChI is InChI=1S/C23H24FN3O4/c1-12(14-3-5-15(24)6-4-14)25-22(30)18-11-26-10-17-9-13-2-7-16(8-13)27(17)23(31)19(26)21(29)20(18)28/h3-6,11-13,16-17,29H,2,7-10H2,1H3,(H,25,30)/t12-,13+,16-,17+/m0/s1. The molecule has 2 fully saturated rings. The Labute approximate surface area is 178 Å². The molecule has 0 radical (unpaired) electrons. The second-order valence-corrected chi connectivity index (χ2v) is 8.90. The molecule has 2 aromatic rings. The van der Waals surface area contributed by atoms with E-state index in [0.717, 1.165) is 25.7 Å². The van der Waals surface area contributed by atoms with Crippen LogP contribution in [0.5, 0.6) is 5.75 Å². The largest absolute Gasteiger partial charge is 0.503 e. The summed E-state index contributed by atoms with van der Waals surface area (Å²) in [5.74, 6) is -1.43. The molecule has 3 heterocycles. The molecule has 3 aliphatic rings. The highest BCUT2D eigenvalue weighted by Crippen LogP contribution is 2.42. The van der Waals surface area contributed by atoms with Gasteiger partial charge in [-0.3, -0.25) is 14.4 Å². The molecule has 0 unspecified atom stereocenters. The smallest absolute Gasteiger partial charge is 0.275 e. The molecule has 2 bridgehead atoms. The molecule has 2 N–H and O–H groups in total. The predicted octanol–water partition coefficient (Wildman–Crippen LogP) is 2.58. The minimum Gasteiger partial charge on any atom is -0.503 e. The molecule has 1 aromatic carbocycles. The number of amides is 2. The maximum atomic E-state index is 13.2. The molecule has 4 atom stereocenters. The van der Waals surface area contributed by atoms with Crippen LogP contribution in [0.3, 0.4) is 0 Å². The Morgan fingerprint density at radius 1 is 1.16 bits per heavy atom. The molecule has 1 aromatic heterocycles. The summed E-state index contributed by atoms with van der Waals surface area (Å²) in [6.07, 6.45) is 5.32. The molecule has 162 valence electrons. The quantitative estimate of drug-likeness (QED) is 0.791. The fourth-order valence-electron chi connectivity index (χ4n) is 5.44. The van der Waals surface area contributed by atoms with Crippen LogP contribution >= 0.6 is 0 Å². The molecular formula is C23H24FN3O4. The highest BCUT2D eigenvalue weighted by atomic mass is 19.1. The van der Waals surface area contributed by atoms with Crippen molar-refractivity contribution in [3.8, 4) is 5.75 Å². The maximum absolute atomic E-state index is 13.2. The fraction of sp³-hybridized carbons (Fsp3) is 0.435. The first kappa shape index (κ1) is 19.8. The minimum absolute atomic E-state index is 0.0159. The van der Waals surface area contributed by atoms with Crippen molar-refractivity contribution in [2.24, 2.45) is 5.92 Å². The summed E-state index contributed by atoms with van der Waals surface area (Å²) >= 11 is 0. The molecule has 0 spiro atoms. The van der Waals surface area contributed by atoms with Gasteiger partial charge in [-0.1, -0.05) is 12.1 Å². The van der Waals surface area contributed by atoms with Crippen molar-refractivity contribution in [2.75, 3.05) is 0 Å². The van der Waals surface area contributed by atoms with Crippen molar-refractivity contribution in [1.29, 1.82) is 0 Å². The summed E-state index contributed by atoms with van der Waals surface area (Å²) in [4.78, 5) is 40.6. The summed E-state index contributed by atoms with van der Waals surface area (Å²) in [5.41, 5.74) is -0.423. The third-order valence-corrected chi connectivity index (χ3v) is 6.97. The molecule has 5 rings (SSSR count). The number of piperidine rings is 1. The Hall–Kier alpha value is -3.16. The second kappa shape index (κ2) is 7.21. The molecule has 7 nitrogen and oxygen atoms in total. The summed E-state index contributed by atoms with van der Waals surface area (Å²) in [6.45, 7) is 2.18. The van der Waals surface area contributed by atoms with Crippen LogP contribution in [0.4, 0.5) is 4.39 Å². The van der Waals surface area contributed by atoms with E-state index in [1.165, 1.54) is 18.3 Å². The number of benzene rings is 1. The summed E-state index contributed by atoms with van der Waals surface area (Å²) in [6, 6.07) is 5.42. The number of nitrogens with one attached hydrogen (secondary N) is 1. The Balaban J connectivity index is 1.45. The number of nitrogens with zero attached hydrogens (tertiary/aromatic N) is 2. The summed E-state index contributed by atoms with van der Waals surface area (Å²) < 4.78 is 14.7. The van der Waals surface area contributed by atoms with Crippen LogP contribution in [0.1, 0.15) is 65.1 Å². The van der Waals surface area contributed by atoms with Crippen LogP contribution in [-0.4, -0.2) is 38.5 Å². The second-order valence-electron chi connectivity index (χ2n) is 8.90. The van der Waals surface area contributed by atoms with Gasteiger partial charge in [0.1, 0.15) is 11.4 Å². The van der Waals surface area contributed by atoms with Crippen LogP contribution in [0.2, 0.25) is 0 Å². The summed E-state index contributed by atoms with van der Waals surface area (Å²) in [5, 5.41) is 13.3. The number of aromatic nitrogens is 1. The van der Waals surface area contributed by atoms with Crippen molar-refractivity contribution in [1.82, 2.24) is 14.8 Å². The molecule has 1 saturated carbocycles. The highest BCUT2D eigenvalue weighted by Gasteiger charge is 2.46. The van der Waals surface area contributed by atoms with Gasteiger partial charge < -0.3 is 19.9 Å². The van der Waals surface area contributed by atoms with E-state index in [1.807, 2.05) is 4.90 Å². The number of carbonyl (C=O) groups excluding carboxylic acids is 2. The molecular weight excluding hydrogens is 401 g/mol. The Kier molecular flexibility index (Phi) is 4.60. The molecule has 2 amide bonds. The Morgan fingerprint density at radius 2 is 1.87 bits per heavy atom. The van der Waals surface area contributed by atoms with Gasteiger partial charge in [0.2, 0.25) is 5.43 Å². The molecule has 1 aliphatic carbocycles. The molecule has 1 saturated heterocycles. The minimum atomic E-state index is -0.858. The first-order chi connectivity index (χ1) is 14.8. The van der Waals surface area contributed by atoms with Gasteiger partial charge >= 0.3 is 0 Å². The lowest BCUT2D eigenvalue weighted by molar-refractivity contribution is 0.0339. The number of hydrogen-bond donors (Lipinski definition) is 2. The van der Waals surface area contributed by atoms with E-state index in [9.17, 15) is 23.9 Å². The van der Waals surface area contributed by atoms with Crippen LogP contribution in [0, 0.1) is 11.7 Å². The number of carbonyl (C=O) groups is 2. The highest BCUT2D eigenvalue weighted by molar-refractivity contribution is 5.99. The maximum Gasteiger partial charge on any atom is 0.275 e. The van der Waals surface area contributed by atoms with Crippen molar-refractivity contribution in [3.63, 3.8) is 0 Å². The zero-order valence-corrected chi connectivity index (χ0v) is 17.2. The van der Waals surface area contributed by atoms with Gasteiger partial charge in [0, 0.05) is 18.8 Å². The lowest BCUT2D eigenvalue weighted by Gasteiger charge is -2.44. The van der Waals surface area contributed by atoms with E-state index < -0.39 is 23.1 Å². The van der Waals surface area contributed by atoms with Gasteiger partial charge in [0.15, 0.2) is 11.4 Å². The number of hydrogen-bond acceptors (Lipinski definition) is 4. The average molecular weight is 425 g/mol.